The molecule has 0 heterocycles. The number of likely N-dealkylation sites (N-methyl/N-ethyl adjacent to an activating group) is 1. The van der Waals surface area contributed by atoms with Crippen LogP contribution in [-0.4, -0.2) is 35.0 Å². The van der Waals surface area contributed by atoms with Crippen LogP contribution in [0, 0.1) is 0 Å². The largest absolute Gasteiger partial charge is 0.481 e. The molecule has 0 saturated carbocycles. The standard InChI is InChI=1S/C13H16ClNO3/c1-9(7-13(17)18)15(2)12(16)8-10-5-3-4-6-11(10)14/h3-6,9H,7-8H2,1-2H3,(H,17,18). The lowest BCUT2D eigenvalue weighted by Crippen LogP contribution is -2.37. The summed E-state index contributed by atoms with van der Waals surface area (Å²) in [6.07, 6.45) is 0.116. The van der Waals surface area contributed by atoms with Gasteiger partial charge in [-0.3, -0.25) is 9.59 Å². The number of hydrogen-bond acceptors (Lipinski definition) is 2. The van der Waals surface area contributed by atoms with E-state index in [1.54, 1.807) is 32.2 Å². The maximum absolute atomic E-state index is 12.0. The fourth-order valence-electron chi connectivity index (χ4n) is 1.56. The van der Waals surface area contributed by atoms with E-state index in [1.807, 2.05) is 6.07 Å². The van der Waals surface area contributed by atoms with Gasteiger partial charge in [0, 0.05) is 18.1 Å². The number of carboxylic acid groups (broad SMARTS) is 1. The molecule has 1 amide bonds. The number of aliphatic carboxylic acids is 1. The van der Waals surface area contributed by atoms with E-state index in [1.165, 1.54) is 4.90 Å². The minimum absolute atomic E-state index is 0.0647. The fraction of sp³-hybridized carbons (Fsp3) is 0.385. The number of amides is 1. The average molecular weight is 270 g/mol. The Morgan fingerprint density at radius 2 is 2.00 bits per heavy atom. The molecule has 1 atom stereocenters. The second-order valence-corrected chi connectivity index (χ2v) is 4.63. The lowest BCUT2D eigenvalue weighted by Gasteiger charge is -2.23. The number of carboxylic acids is 1. The van der Waals surface area contributed by atoms with Crippen molar-refractivity contribution in [2.75, 3.05) is 7.05 Å². The van der Waals surface area contributed by atoms with E-state index in [9.17, 15) is 9.59 Å². The van der Waals surface area contributed by atoms with Crippen molar-refractivity contribution in [3.05, 3.63) is 34.9 Å². The van der Waals surface area contributed by atoms with Gasteiger partial charge in [-0.15, -0.1) is 0 Å². The summed E-state index contributed by atoms with van der Waals surface area (Å²) in [4.78, 5) is 24.0. The minimum Gasteiger partial charge on any atom is -0.481 e. The first-order valence-electron chi connectivity index (χ1n) is 5.62. The van der Waals surface area contributed by atoms with Gasteiger partial charge in [0.15, 0.2) is 0 Å². The number of rotatable bonds is 5. The number of carbonyl (C=O) groups is 2. The minimum atomic E-state index is -0.917. The van der Waals surface area contributed by atoms with Gasteiger partial charge < -0.3 is 10.0 Å². The van der Waals surface area contributed by atoms with Gasteiger partial charge in [-0.2, -0.15) is 0 Å². The van der Waals surface area contributed by atoms with Crippen molar-refractivity contribution in [2.45, 2.75) is 25.8 Å². The molecule has 0 radical (unpaired) electrons. The molecule has 5 heteroatoms. The van der Waals surface area contributed by atoms with Crippen LogP contribution in [0.15, 0.2) is 24.3 Å². The van der Waals surface area contributed by atoms with Gasteiger partial charge in [0.1, 0.15) is 0 Å². The van der Waals surface area contributed by atoms with E-state index >= 15 is 0 Å². The van der Waals surface area contributed by atoms with Crippen molar-refractivity contribution in [2.24, 2.45) is 0 Å². The first kappa shape index (κ1) is 14.5. The summed E-state index contributed by atoms with van der Waals surface area (Å²) in [7, 11) is 1.60. The van der Waals surface area contributed by atoms with Crippen LogP contribution in [0.25, 0.3) is 0 Å². The fourth-order valence-corrected chi connectivity index (χ4v) is 1.77. The Morgan fingerprint density at radius 3 is 2.56 bits per heavy atom. The third-order valence-corrected chi connectivity index (χ3v) is 3.19. The Balaban J connectivity index is 2.65. The van der Waals surface area contributed by atoms with E-state index in [-0.39, 0.29) is 24.8 Å². The zero-order valence-electron chi connectivity index (χ0n) is 10.4. The van der Waals surface area contributed by atoms with Gasteiger partial charge in [-0.25, -0.2) is 0 Å². The lowest BCUT2D eigenvalue weighted by molar-refractivity contribution is -0.139. The first-order chi connectivity index (χ1) is 8.41. The number of carbonyl (C=O) groups excluding carboxylic acids is 1. The number of hydrogen-bond donors (Lipinski definition) is 1. The van der Waals surface area contributed by atoms with Gasteiger partial charge in [0.25, 0.3) is 0 Å². The highest BCUT2D eigenvalue weighted by Gasteiger charge is 2.19. The normalized spacial score (nSPS) is 11.9. The maximum atomic E-state index is 12.0. The zero-order chi connectivity index (χ0) is 13.7. The second-order valence-electron chi connectivity index (χ2n) is 4.22. The summed E-state index contributed by atoms with van der Waals surface area (Å²) in [6.45, 7) is 1.71. The summed E-state index contributed by atoms with van der Waals surface area (Å²) in [5.74, 6) is -1.06. The molecule has 1 aromatic carbocycles. The van der Waals surface area contributed by atoms with Gasteiger partial charge in [-0.1, -0.05) is 29.8 Å². The number of nitrogens with zero attached hydrogens (tertiary/aromatic N) is 1. The van der Waals surface area contributed by atoms with E-state index in [2.05, 4.69) is 0 Å². The Bertz CT molecular complexity index is 448. The topological polar surface area (TPSA) is 57.6 Å². The highest BCUT2D eigenvalue weighted by Crippen LogP contribution is 2.16. The molecule has 18 heavy (non-hydrogen) atoms. The number of benzene rings is 1. The molecule has 0 fully saturated rings. The molecule has 1 N–H and O–H groups in total. The van der Waals surface area contributed by atoms with Crippen LogP contribution in [0.2, 0.25) is 5.02 Å². The third-order valence-electron chi connectivity index (χ3n) is 2.82. The molecule has 0 bridgehead atoms. The second kappa shape index (κ2) is 6.40. The molecule has 0 aliphatic heterocycles. The van der Waals surface area contributed by atoms with Crippen LogP contribution in [0.5, 0.6) is 0 Å². The zero-order valence-corrected chi connectivity index (χ0v) is 11.1. The van der Waals surface area contributed by atoms with Gasteiger partial charge in [-0.05, 0) is 18.6 Å². The van der Waals surface area contributed by atoms with Crippen LogP contribution in [0.4, 0.5) is 0 Å². The van der Waals surface area contributed by atoms with Crippen LogP contribution < -0.4 is 0 Å². The summed E-state index contributed by atoms with van der Waals surface area (Å²) in [6, 6.07) is 6.79. The van der Waals surface area contributed by atoms with Gasteiger partial charge in [0.2, 0.25) is 5.91 Å². The van der Waals surface area contributed by atoms with Crippen LogP contribution in [0.1, 0.15) is 18.9 Å². The summed E-state index contributed by atoms with van der Waals surface area (Å²) < 4.78 is 0. The van der Waals surface area contributed by atoms with Crippen molar-refractivity contribution in [1.29, 1.82) is 0 Å². The Labute approximate surface area is 111 Å². The molecular weight excluding hydrogens is 254 g/mol. The van der Waals surface area contributed by atoms with Crippen molar-refractivity contribution >= 4 is 23.5 Å². The average Bonchev–Trinajstić information content (AvgIpc) is 2.30. The highest BCUT2D eigenvalue weighted by atomic mass is 35.5. The van der Waals surface area contributed by atoms with Crippen LogP contribution in [0.3, 0.4) is 0 Å². The van der Waals surface area contributed by atoms with Crippen LogP contribution >= 0.6 is 11.6 Å². The molecule has 1 unspecified atom stereocenters. The molecule has 0 saturated heterocycles. The Kier molecular flexibility index (Phi) is 5.16. The summed E-state index contributed by atoms with van der Waals surface area (Å²) in [5, 5.41) is 9.24. The van der Waals surface area contributed by atoms with Gasteiger partial charge >= 0.3 is 5.97 Å². The molecule has 0 spiro atoms. The monoisotopic (exact) mass is 269 g/mol. The molecule has 0 aromatic heterocycles. The SMILES string of the molecule is CC(CC(=O)O)N(C)C(=O)Cc1ccccc1Cl. The molecule has 1 rings (SSSR count). The van der Waals surface area contributed by atoms with Crippen molar-refractivity contribution in [3.63, 3.8) is 0 Å². The quantitative estimate of drug-likeness (QED) is 0.892. The van der Waals surface area contributed by atoms with E-state index < -0.39 is 5.97 Å². The highest BCUT2D eigenvalue weighted by molar-refractivity contribution is 6.31. The Morgan fingerprint density at radius 1 is 1.39 bits per heavy atom. The lowest BCUT2D eigenvalue weighted by atomic mass is 10.1. The maximum Gasteiger partial charge on any atom is 0.305 e. The molecule has 0 aliphatic rings. The number of halogens is 1. The van der Waals surface area contributed by atoms with E-state index in [0.29, 0.717) is 5.02 Å². The van der Waals surface area contributed by atoms with E-state index in [4.69, 9.17) is 16.7 Å². The first-order valence-corrected chi connectivity index (χ1v) is 6.00. The van der Waals surface area contributed by atoms with Crippen molar-refractivity contribution in [3.8, 4) is 0 Å². The molecule has 0 aliphatic carbocycles. The smallest absolute Gasteiger partial charge is 0.305 e. The predicted molar refractivity (Wildman–Crippen MR) is 69.6 cm³/mol. The molecule has 1 aromatic rings. The Hall–Kier alpha value is -1.55. The predicted octanol–water partition coefficient (Wildman–Crippen LogP) is 2.20. The summed E-state index contributed by atoms with van der Waals surface area (Å²) in [5.41, 5.74) is 0.749. The van der Waals surface area contributed by atoms with Crippen LogP contribution in [-0.2, 0) is 16.0 Å². The van der Waals surface area contributed by atoms with Gasteiger partial charge in [0.05, 0.1) is 12.8 Å². The van der Waals surface area contributed by atoms with E-state index in [0.717, 1.165) is 5.56 Å². The van der Waals surface area contributed by atoms with Crippen molar-refractivity contribution < 1.29 is 14.7 Å². The summed E-state index contributed by atoms with van der Waals surface area (Å²) >= 11 is 5.97. The molecule has 98 valence electrons. The van der Waals surface area contributed by atoms with Crippen molar-refractivity contribution in [1.82, 2.24) is 4.90 Å². The molecular formula is C13H16ClNO3. The molecule has 4 nitrogen and oxygen atoms in total. The third kappa shape index (κ3) is 4.04.